The maximum absolute atomic E-state index is 11.9. The number of hydrogen-bond donors (Lipinski definition) is 2. The second kappa shape index (κ2) is 7.65. The van der Waals surface area contributed by atoms with Crippen LogP contribution in [0.1, 0.15) is 29.8 Å². The number of aromatic hydroxyl groups is 1. The molecule has 0 aliphatic rings. The highest BCUT2D eigenvalue weighted by Gasteiger charge is 2.08. The van der Waals surface area contributed by atoms with Gasteiger partial charge >= 0.3 is 0 Å². The lowest BCUT2D eigenvalue weighted by Crippen LogP contribution is -2.17. The highest BCUT2D eigenvalue weighted by Crippen LogP contribution is 2.23. The number of ether oxygens (including phenoxy) is 1. The number of rotatable bonds is 5. The predicted molar refractivity (Wildman–Crippen MR) is 90.4 cm³/mol. The van der Waals surface area contributed by atoms with Crippen molar-refractivity contribution in [2.75, 3.05) is 0 Å². The molecule has 0 aliphatic carbocycles. The van der Waals surface area contributed by atoms with Crippen LogP contribution in [0, 0.1) is 0 Å². The van der Waals surface area contributed by atoms with E-state index in [2.05, 4.69) is 10.5 Å². The maximum Gasteiger partial charge on any atom is 0.272 e. The normalized spacial score (nSPS) is 11.0. The van der Waals surface area contributed by atoms with Gasteiger partial charge in [0, 0.05) is 11.6 Å². The van der Waals surface area contributed by atoms with Gasteiger partial charge in [-0.3, -0.25) is 4.79 Å². The van der Waals surface area contributed by atoms with Crippen molar-refractivity contribution in [1.82, 2.24) is 5.43 Å². The Kier molecular flexibility index (Phi) is 5.60. The number of hydrogen-bond acceptors (Lipinski definition) is 4. The molecule has 2 aromatic carbocycles. The lowest BCUT2D eigenvalue weighted by molar-refractivity contribution is 0.0955. The van der Waals surface area contributed by atoms with Crippen molar-refractivity contribution >= 4 is 23.7 Å². The van der Waals surface area contributed by atoms with Crippen molar-refractivity contribution in [2.24, 2.45) is 5.10 Å². The Morgan fingerprint density at radius 2 is 2.04 bits per heavy atom. The lowest BCUT2D eigenvalue weighted by Gasteiger charge is -2.10. The van der Waals surface area contributed by atoms with Crippen LogP contribution < -0.4 is 10.2 Å². The van der Waals surface area contributed by atoms with Gasteiger partial charge in [-0.15, -0.1) is 0 Å². The fourth-order valence-corrected chi connectivity index (χ4v) is 2.07. The van der Waals surface area contributed by atoms with E-state index in [0.29, 0.717) is 21.9 Å². The third kappa shape index (κ3) is 4.72. The molecular formula is C17H17ClN2O3. The zero-order valence-corrected chi connectivity index (χ0v) is 13.5. The van der Waals surface area contributed by atoms with Crippen LogP contribution in [0.2, 0.25) is 5.02 Å². The summed E-state index contributed by atoms with van der Waals surface area (Å²) < 4.78 is 5.47. The quantitative estimate of drug-likeness (QED) is 0.649. The molecular weight excluding hydrogens is 316 g/mol. The number of hydrazone groups is 1. The molecule has 0 bridgehead atoms. The summed E-state index contributed by atoms with van der Waals surface area (Å²) in [6.07, 6.45) is 1.37. The van der Waals surface area contributed by atoms with E-state index in [1.165, 1.54) is 12.3 Å². The summed E-state index contributed by atoms with van der Waals surface area (Å²) >= 11 is 5.93. The molecule has 0 spiro atoms. The van der Waals surface area contributed by atoms with Crippen LogP contribution in [-0.2, 0) is 0 Å². The van der Waals surface area contributed by atoms with E-state index in [0.717, 1.165) is 0 Å². The number of carbonyl (C=O) groups excluding carboxylic acids is 1. The molecule has 0 unspecified atom stereocenters. The Hall–Kier alpha value is -2.53. The monoisotopic (exact) mass is 332 g/mol. The van der Waals surface area contributed by atoms with E-state index >= 15 is 0 Å². The van der Waals surface area contributed by atoms with Crippen LogP contribution in [0.4, 0.5) is 0 Å². The van der Waals surface area contributed by atoms with Gasteiger partial charge in [0.05, 0.1) is 22.9 Å². The first kappa shape index (κ1) is 16.8. The van der Waals surface area contributed by atoms with Gasteiger partial charge in [-0.2, -0.15) is 5.10 Å². The first-order valence-corrected chi connectivity index (χ1v) is 7.43. The van der Waals surface area contributed by atoms with Crippen molar-refractivity contribution in [3.63, 3.8) is 0 Å². The van der Waals surface area contributed by atoms with Gasteiger partial charge in [0.1, 0.15) is 11.5 Å². The number of halogens is 1. The summed E-state index contributed by atoms with van der Waals surface area (Å²) in [6.45, 7) is 3.80. The molecule has 0 atom stereocenters. The average Bonchev–Trinajstić information content (AvgIpc) is 2.49. The number of phenolic OH excluding ortho intramolecular Hbond substituents is 1. The zero-order valence-electron chi connectivity index (χ0n) is 12.8. The van der Waals surface area contributed by atoms with Gasteiger partial charge < -0.3 is 9.84 Å². The number of nitrogens with zero attached hydrogens (tertiary/aromatic N) is 1. The Balaban J connectivity index is 2.03. The Morgan fingerprint density at radius 3 is 2.70 bits per heavy atom. The zero-order chi connectivity index (χ0) is 16.8. The lowest BCUT2D eigenvalue weighted by atomic mass is 10.2. The van der Waals surface area contributed by atoms with E-state index in [1.54, 1.807) is 36.4 Å². The molecule has 6 heteroatoms. The van der Waals surface area contributed by atoms with Crippen molar-refractivity contribution in [3.8, 4) is 11.5 Å². The number of phenols is 1. The Morgan fingerprint density at radius 1 is 1.30 bits per heavy atom. The third-order valence-electron chi connectivity index (χ3n) is 2.86. The van der Waals surface area contributed by atoms with E-state index in [9.17, 15) is 9.90 Å². The van der Waals surface area contributed by atoms with Gasteiger partial charge in [0.25, 0.3) is 5.91 Å². The summed E-state index contributed by atoms with van der Waals surface area (Å²) in [5.41, 5.74) is 3.15. The molecule has 0 radical (unpaired) electrons. The van der Waals surface area contributed by atoms with Gasteiger partial charge in [0.2, 0.25) is 0 Å². The second-order valence-electron chi connectivity index (χ2n) is 5.07. The molecule has 0 saturated carbocycles. The summed E-state index contributed by atoms with van der Waals surface area (Å²) in [5, 5.41) is 14.1. The molecule has 23 heavy (non-hydrogen) atoms. The fourth-order valence-electron chi connectivity index (χ4n) is 1.84. The molecule has 5 nitrogen and oxygen atoms in total. The molecule has 0 fully saturated rings. The smallest absolute Gasteiger partial charge is 0.272 e. The first-order chi connectivity index (χ1) is 11.0. The van der Waals surface area contributed by atoms with Gasteiger partial charge in [0.15, 0.2) is 0 Å². The van der Waals surface area contributed by atoms with Crippen LogP contribution in [-0.4, -0.2) is 23.3 Å². The fraction of sp³-hybridized carbons (Fsp3) is 0.176. The first-order valence-electron chi connectivity index (χ1n) is 7.05. The van der Waals surface area contributed by atoms with Gasteiger partial charge in [-0.25, -0.2) is 5.43 Å². The summed E-state index contributed by atoms with van der Waals surface area (Å²) in [6, 6.07) is 11.5. The van der Waals surface area contributed by atoms with Crippen molar-refractivity contribution in [2.45, 2.75) is 20.0 Å². The molecule has 0 aromatic heterocycles. The standard InChI is InChI=1S/C17H17ClN2O3/c1-11(2)23-13-8-7-12(16(21)9-13)10-19-20-17(22)14-5-3-4-6-15(14)18/h3-11,21H,1-2H3,(H,20,22)/b19-10-. The highest BCUT2D eigenvalue weighted by atomic mass is 35.5. The minimum atomic E-state index is -0.425. The minimum Gasteiger partial charge on any atom is -0.507 e. The summed E-state index contributed by atoms with van der Waals surface area (Å²) in [7, 11) is 0. The summed E-state index contributed by atoms with van der Waals surface area (Å²) in [5.74, 6) is 0.153. The van der Waals surface area contributed by atoms with Crippen LogP contribution in [0.25, 0.3) is 0 Å². The van der Waals surface area contributed by atoms with Crippen LogP contribution in [0.3, 0.4) is 0 Å². The van der Waals surface area contributed by atoms with Crippen molar-refractivity contribution in [1.29, 1.82) is 0 Å². The molecule has 2 rings (SSSR count). The SMILES string of the molecule is CC(C)Oc1ccc(/C=N\NC(=O)c2ccccc2Cl)c(O)c1. The highest BCUT2D eigenvalue weighted by molar-refractivity contribution is 6.33. The molecule has 0 saturated heterocycles. The molecule has 120 valence electrons. The molecule has 2 aromatic rings. The van der Waals surface area contributed by atoms with Crippen LogP contribution in [0.5, 0.6) is 11.5 Å². The maximum atomic E-state index is 11.9. The van der Waals surface area contributed by atoms with Crippen LogP contribution >= 0.6 is 11.6 Å². The van der Waals surface area contributed by atoms with E-state index in [1.807, 2.05) is 13.8 Å². The van der Waals surface area contributed by atoms with Crippen molar-refractivity contribution < 1.29 is 14.6 Å². The molecule has 1 amide bonds. The Labute approximate surface area is 139 Å². The number of carbonyl (C=O) groups is 1. The molecule has 2 N–H and O–H groups in total. The van der Waals surface area contributed by atoms with Gasteiger partial charge in [-0.1, -0.05) is 23.7 Å². The minimum absolute atomic E-state index is 0.0129. The molecule has 0 aliphatic heterocycles. The predicted octanol–water partition coefficient (Wildman–Crippen LogP) is 3.60. The molecule has 0 heterocycles. The number of amides is 1. The third-order valence-corrected chi connectivity index (χ3v) is 3.19. The number of nitrogens with one attached hydrogen (secondary N) is 1. The summed E-state index contributed by atoms with van der Waals surface area (Å²) in [4.78, 5) is 11.9. The van der Waals surface area contributed by atoms with Crippen molar-refractivity contribution in [3.05, 3.63) is 58.6 Å². The second-order valence-corrected chi connectivity index (χ2v) is 5.47. The van der Waals surface area contributed by atoms with Gasteiger partial charge in [-0.05, 0) is 38.1 Å². The van der Waals surface area contributed by atoms with E-state index in [4.69, 9.17) is 16.3 Å². The topological polar surface area (TPSA) is 70.9 Å². The largest absolute Gasteiger partial charge is 0.507 e. The van der Waals surface area contributed by atoms with Crippen LogP contribution in [0.15, 0.2) is 47.6 Å². The number of benzene rings is 2. The van der Waals surface area contributed by atoms with E-state index < -0.39 is 5.91 Å². The van der Waals surface area contributed by atoms with E-state index in [-0.39, 0.29) is 11.9 Å². The average molecular weight is 333 g/mol. The Bertz CT molecular complexity index is 730.